The van der Waals surface area contributed by atoms with Crippen molar-refractivity contribution in [1.82, 2.24) is 0 Å². The van der Waals surface area contributed by atoms with Crippen LogP contribution in [0.5, 0.6) is 5.75 Å². The zero-order chi connectivity index (χ0) is 20.4. The maximum atomic E-state index is 13.0. The van der Waals surface area contributed by atoms with E-state index in [1.807, 2.05) is 42.5 Å². The van der Waals surface area contributed by atoms with E-state index in [1.165, 1.54) is 0 Å². The third kappa shape index (κ3) is 3.95. The normalized spacial score (nSPS) is 16.1. The van der Waals surface area contributed by atoms with Crippen molar-refractivity contribution in [1.29, 1.82) is 0 Å². The van der Waals surface area contributed by atoms with Crippen LogP contribution in [0.2, 0.25) is 0 Å². The molecule has 0 radical (unpaired) electrons. The van der Waals surface area contributed by atoms with Gasteiger partial charge in [-0.1, -0.05) is 71.8 Å². The molecule has 1 unspecified atom stereocenters. The molecule has 0 fully saturated rings. The molecule has 0 aliphatic carbocycles. The number of hydrogen-bond acceptors (Lipinski definition) is 3. The van der Waals surface area contributed by atoms with Gasteiger partial charge in [-0.05, 0) is 54.7 Å². The molecular weight excluding hydrogens is 360 g/mol. The Morgan fingerprint density at radius 2 is 1.55 bits per heavy atom. The molecule has 1 heterocycles. The minimum absolute atomic E-state index is 0.262. The molecule has 0 saturated carbocycles. The lowest BCUT2D eigenvalue weighted by atomic mass is 9.89. The molecule has 0 amide bonds. The summed E-state index contributed by atoms with van der Waals surface area (Å²) >= 11 is 0. The number of carbonyl (C=O) groups is 1. The van der Waals surface area contributed by atoms with E-state index in [1.54, 1.807) is 7.11 Å². The first-order valence-electron chi connectivity index (χ1n) is 9.75. The summed E-state index contributed by atoms with van der Waals surface area (Å²) < 4.78 is 11.2. The standard InChI is InChI=1S/C26H24O3/c1-17-13-18(2)15-21(14-17)24-23(16-19-7-5-4-6-8-19)25(29-26(24)27)20-9-11-22(28-3)12-10-20/h4-15,25H,16H2,1-3H3. The SMILES string of the molecule is COc1ccc(C2OC(=O)C(c3cc(C)cc(C)c3)=C2Cc2ccccc2)cc1. The molecule has 146 valence electrons. The number of esters is 1. The molecule has 4 rings (SSSR count). The molecule has 29 heavy (non-hydrogen) atoms. The van der Waals surface area contributed by atoms with E-state index >= 15 is 0 Å². The summed E-state index contributed by atoms with van der Waals surface area (Å²) in [5, 5.41) is 0. The maximum absolute atomic E-state index is 13.0. The van der Waals surface area contributed by atoms with Crippen molar-refractivity contribution >= 4 is 11.5 Å². The average molecular weight is 384 g/mol. The molecule has 1 aliphatic heterocycles. The monoisotopic (exact) mass is 384 g/mol. The number of carbonyl (C=O) groups excluding carboxylic acids is 1. The van der Waals surface area contributed by atoms with Crippen LogP contribution in [0.25, 0.3) is 5.57 Å². The summed E-state index contributed by atoms with van der Waals surface area (Å²) in [7, 11) is 1.64. The molecule has 3 heteroatoms. The molecule has 3 nitrogen and oxygen atoms in total. The Morgan fingerprint density at radius 3 is 2.17 bits per heavy atom. The molecule has 3 aromatic carbocycles. The van der Waals surface area contributed by atoms with Gasteiger partial charge in [0.2, 0.25) is 0 Å². The molecule has 0 spiro atoms. The van der Waals surface area contributed by atoms with Crippen molar-refractivity contribution < 1.29 is 14.3 Å². The lowest BCUT2D eigenvalue weighted by molar-refractivity contribution is -0.138. The second kappa shape index (κ2) is 7.96. The molecule has 0 bridgehead atoms. The van der Waals surface area contributed by atoms with Crippen LogP contribution in [0, 0.1) is 13.8 Å². The molecular formula is C26H24O3. The van der Waals surface area contributed by atoms with Gasteiger partial charge in [0.15, 0.2) is 0 Å². The zero-order valence-electron chi connectivity index (χ0n) is 16.9. The van der Waals surface area contributed by atoms with Crippen molar-refractivity contribution in [3.63, 3.8) is 0 Å². The first kappa shape index (κ1) is 19.0. The Morgan fingerprint density at radius 1 is 0.897 bits per heavy atom. The Hall–Kier alpha value is -3.33. The van der Waals surface area contributed by atoms with Gasteiger partial charge in [0.25, 0.3) is 0 Å². The van der Waals surface area contributed by atoms with E-state index in [9.17, 15) is 4.79 Å². The Kier molecular flexibility index (Phi) is 5.22. The quantitative estimate of drug-likeness (QED) is 0.537. The number of rotatable bonds is 5. The van der Waals surface area contributed by atoms with Gasteiger partial charge >= 0.3 is 5.97 Å². The molecule has 3 aromatic rings. The highest BCUT2D eigenvalue weighted by Crippen LogP contribution is 2.42. The zero-order valence-corrected chi connectivity index (χ0v) is 16.9. The van der Waals surface area contributed by atoms with Gasteiger partial charge in [-0.3, -0.25) is 0 Å². The van der Waals surface area contributed by atoms with E-state index in [0.29, 0.717) is 12.0 Å². The lowest BCUT2D eigenvalue weighted by Crippen LogP contribution is -2.05. The van der Waals surface area contributed by atoms with E-state index in [4.69, 9.17) is 9.47 Å². The van der Waals surface area contributed by atoms with E-state index in [-0.39, 0.29) is 5.97 Å². The third-order valence-corrected chi connectivity index (χ3v) is 5.23. The second-order valence-electron chi connectivity index (χ2n) is 7.50. The smallest absolute Gasteiger partial charge is 0.339 e. The Bertz CT molecular complexity index is 1040. The van der Waals surface area contributed by atoms with Gasteiger partial charge < -0.3 is 9.47 Å². The third-order valence-electron chi connectivity index (χ3n) is 5.23. The Balaban J connectivity index is 1.84. The number of ether oxygens (including phenoxy) is 2. The maximum Gasteiger partial charge on any atom is 0.339 e. The van der Waals surface area contributed by atoms with Gasteiger partial charge in [-0.25, -0.2) is 4.79 Å². The average Bonchev–Trinajstić information content (AvgIpc) is 3.04. The van der Waals surface area contributed by atoms with Crippen molar-refractivity contribution in [2.75, 3.05) is 7.11 Å². The fraction of sp³-hybridized carbons (Fsp3) is 0.192. The molecule has 0 saturated heterocycles. The van der Waals surface area contributed by atoms with Gasteiger partial charge in [0.05, 0.1) is 12.7 Å². The highest BCUT2D eigenvalue weighted by Gasteiger charge is 2.35. The predicted octanol–water partition coefficient (Wildman–Crippen LogP) is 5.61. The van der Waals surface area contributed by atoms with Crippen LogP contribution >= 0.6 is 0 Å². The van der Waals surface area contributed by atoms with Crippen LogP contribution in [0.1, 0.15) is 33.9 Å². The first-order chi connectivity index (χ1) is 14.0. The fourth-order valence-electron chi connectivity index (χ4n) is 3.97. The topological polar surface area (TPSA) is 35.5 Å². The van der Waals surface area contributed by atoms with Crippen molar-refractivity contribution in [3.8, 4) is 5.75 Å². The van der Waals surface area contributed by atoms with Crippen molar-refractivity contribution in [3.05, 3.63) is 106 Å². The predicted molar refractivity (Wildman–Crippen MR) is 115 cm³/mol. The first-order valence-corrected chi connectivity index (χ1v) is 9.75. The lowest BCUT2D eigenvalue weighted by Gasteiger charge is -2.16. The van der Waals surface area contributed by atoms with Crippen molar-refractivity contribution in [2.24, 2.45) is 0 Å². The van der Waals surface area contributed by atoms with Crippen LogP contribution < -0.4 is 4.74 Å². The van der Waals surface area contributed by atoms with Crippen LogP contribution in [0.4, 0.5) is 0 Å². The van der Waals surface area contributed by atoms with Crippen LogP contribution in [-0.4, -0.2) is 13.1 Å². The van der Waals surface area contributed by atoms with E-state index in [2.05, 4.69) is 44.2 Å². The minimum atomic E-state index is -0.399. The van der Waals surface area contributed by atoms with E-state index < -0.39 is 6.10 Å². The Labute approximate surface area is 171 Å². The number of cyclic esters (lactones) is 1. The molecule has 0 aromatic heterocycles. The van der Waals surface area contributed by atoms with E-state index in [0.717, 1.165) is 39.1 Å². The summed E-state index contributed by atoms with van der Waals surface area (Å²) in [4.78, 5) is 13.0. The van der Waals surface area contributed by atoms with Crippen LogP contribution in [0.3, 0.4) is 0 Å². The summed E-state index contributed by atoms with van der Waals surface area (Å²) in [6.45, 7) is 4.10. The van der Waals surface area contributed by atoms with Crippen LogP contribution in [0.15, 0.2) is 78.4 Å². The second-order valence-corrected chi connectivity index (χ2v) is 7.50. The highest BCUT2D eigenvalue weighted by molar-refractivity contribution is 6.19. The summed E-state index contributed by atoms with van der Waals surface area (Å²) in [5.74, 6) is 0.517. The number of methoxy groups -OCH3 is 1. The number of hydrogen-bond donors (Lipinski definition) is 0. The van der Waals surface area contributed by atoms with Crippen molar-refractivity contribution in [2.45, 2.75) is 26.4 Å². The summed E-state index contributed by atoms with van der Waals surface area (Å²) in [6.07, 6.45) is 0.260. The van der Waals surface area contributed by atoms with Gasteiger partial charge in [0.1, 0.15) is 11.9 Å². The van der Waals surface area contributed by atoms with Crippen LogP contribution in [-0.2, 0) is 16.0 Å². The van der Waals surface area contributed by atoms with Gasteiger partial charge in [-0.15, -0.1) is 0 Å². The minimum Gasteiger partial charge on any atom is -0.497 e. The van der Waals surface area contributed by atoms with Gasteiger partial charge in [-0.2, -0.15) is 0 Å². The molecule has 1 aliphatic rings. The highest BCUT2D eigenvalue weighted by atomic mass is 16.5. The summed E-state index contributed by atoms with van der Waals surface area (Å²) in [5.41, 5.74) is 6.97. The number of benzene rings is 3. The fourth-order valence-corrected chi connectivity index (χ4v) is 3.97. The largest absolute Gasteiger partial charge is 0.497 e. The number of aryl methyl sites for hydroxylation is 2. The molecule has 0 N–H and O–H groups in total. The van der Waals surface area contributed by atoms with Gasteiger partial charge in [0, 0.05) is 0 Å². The summed E-state index contributed by atoms with van der Waals surface area (Å²) in [6, 6.07) is 24.2. The molecule has 1 atom stereocenters.